The first kappa shape index (κ1) is 9.91. The second-order valence-electron chi connectivity index (χ2n) is 3.74. The third kappa shape index (κ3) is 1.44. The van der Waals surface area contributed by atoms with E-state index in [1.807, 2.05) is 24.3 Å². The lowest BCUT2D eigenvalue weighted by Gasteiger charge is -2.35. The zero-order chi connectivity index (χ0) is 10.9. The number of nitrogens with zero attached hydrogens (tertiary/aromatic N) is 1. The van der Waals surface area contributed by atoms with Crippen molar-refractivity contribution in [2.24, 2.45) is 16.5 Å². The van der Waals surface area contributed by atoms with Crippen molar-refractivity contribution in [1.82, 2.24) is 0 Å². The predicted octanol–water partition coefficient (Wildman–Crippen LogP) is 0.907. The van der Waals surface area contributed by atoms with Crippen LogP contribution in [0.2, 0.25) is 0 Å². The molecule has 2 unspecified atom stereocenters. The topological polar surface area (TPSA) is 64.4 Å². The van der Waals surface area contributed by atoms with Gasteiger partial charge in [0.1, 0.15) is 0 Å². The van der Waals surface area contributed by atoms with Crippen molar-refractivity contribution in [2.45, 2.75) is 18.0 Å². The molecule has 0 saturated heterocycles. The molecular formula is C12H13N3. The molecule has 0 radical (unpaired) electrons. The third-order valence-electron chi connectivity index (χ3n) is 2.77. The molecule has 1 aliphatic rings. The van der Waals surface area contributed by atoms with Gasteiger partial charge in [-0.1, -0.05) is 18.2 Å². The van der Waals surface area contributed by atoms with Gasteiger partial charge in [0.15, 0.2) is 0 Å². The lowest BCUT2D eigenvalue weighted by atomic mass is 9.79. The van der Waals surface area contributed by atoms with Gasteiger partial charge < -0.3 is 11.5 Å². The van der Waals surface area contributed by atoms with Gasteiger partial charge in [-0.25, -0.2) is 0 Å². The molecule has 4 N–H and O–H groups in total. The normalized spacial score (nSPS) is 28.2. The monoisotopic (exact) mass is 199 g/mol. The second kappa shape index (κ2) is 3.50. The Hall–Kier alpha value is -1.63. The van der Waals surface area contributed by atoms with Crippen molar-refractivity contribution < 1.29 is 0 Å². The summed E-state index contributed by atoms with van der Waals surface area (Å²) in [5.74, 6) is 2.58. The number of para-hydroxylation sites is 1. The van der Waals surface area contributed by atoms with E-state index in [1.165, 1.54) is 0 Å². The number of benzene rings is 1. The van der Waals surface area contributed by atoms with Crippen LogP contribution >= 0.6 is 0 Å². The van der Waals surface area contributed by atoms with E-state index in [0.29, 0.717) is 6.42 Å². The van der Waals surface area contributed by atoms with Gasteiger partial charge in [-0.3, -0.25) is 4.99 Å². The summed E-state index contributed by atoms with van der Waals surface area (Å²) in [4.78, 5) is 4.25. The van der Waals surface area contributed by atoms with Crippen LogP contribution in [-0.2, 0) is 5.54 Å². The summed E-state index contributed by atoms with van der Waals surface area (Å²) in [6, 6.07) is 7.36. The maximum atomic E-state index is 6.27. The summed E-state index contributed by atoms with van der Waals surface area (Å²) >= 11 is 0. The molecule has 76 valence electrons. The highest BCUT2D eigenvalue weighted by atomic mass is 14.9. The molecule has 1 aromatic rings. The minimum atomic E-state index is -0.687. The molecule has 3 heteroatoms. The molecule has 3 nitrogen and oxygen atoms in total. The van der Waals surface area contributed by atoms with Gasteiger partial charge in [0, 0.05) is 18.2 Å². The van der Waals surface area contributed by atoms with Gasteiger partial charge >= 0.3 is 0 Å². The summed E-state index contributed by atoms with van der Waals surface area (Å²) in [6.45, 7) is 0. The van der Waals surface area contributed by atoms with Crippen molar-refractivity contribution in [3.05, 3.63) is 29.8 Å². The van der Waals surface area contributed by atoms with E-state index in [0.717, 1.165) is 11.3 Å². The number of fused-ring (bicyclic) bond motifs is 1. The summed E-state index contributed by atoms with van der Waals surface area (Å²) in [5, 5.41) is 0. The zero-order valence-corrected chi connectivity index (χ0v) is 8.35. The molecular weight excluding hydrogens is 186 g/mol. The van der Waals surface area contributed by atoms with E-state index < -0.39 is 5.54 Å². The quantitative estimate of drug-likeness (QED) is 0.660. The Morgan fingerprint density at radius 2 is 2.20 bits per heavy atom. The molecule has 0 aromatic heterocycles. The Morgan fingerprint density at radius 1 is 1.47 bits per heavy atom. The van der Waals surface area contributed by atoms with Crippen LogP contribution in [0.5, 0.6) is 0 Å². The van der Waals surface area contributed by atoms with E-state index in [9.17, 15) is 0 Å². The largest absolute Gasteiger partial charge is 0.321 e. The van der Waals surface area contributed by atoms with Crippen molar-refractivity contribution in [2.75, 3.05) is 0 Å². The zero-order valence-electron chi connectivity index (χ0n) is 8.35. The first-order valence-electron chi connectivity index (χ1n) is 4.80. The maximum absolute atomic E-state index is 6.27. The second-order valence-corrected chi connectivity index (χ2v) is 3.74. The summed E-state index contributed by atoms with van der Waals surface area (Å²) < 4.78 is 0. The van der Waals surface area contributed by atoms with E-state index in [-0.39, 0.29) is 6.04 Å². The molecule has 1 aliphatic heterocycles. The Kier molecular flexibility index (Phi) is 2.31. The Labute approximate surface area is 89.2 Å². The maximum Gasteiger partial charge on any atom is 0.0746 e. The van der Waals surface area contributed by atoms with Crippen LogP contribution in [-0.4, -0.2) is 12.3 Å². The third-order valence-corrected chi connectivity index (χ3v) is 2.77. The molecule has 0 bridgehead atoms. The lowest BCUT2D eigenvalue weighted by molar-refractivity contribution is 0.424. The molecule has 0 saturated carbocycles. The van der Waals surface area contributed by atoms with Gasteiger partial charge in [-0.2, -0.15) is 0 Å². The smallest absolute Gasteiger partial charge is 0.0746 e. The fourth-order valence-corrected chi connectivity index (χ4v) is 1.83. The van der Waals surface area contributed by atoms with E-state index in [1.54, 1.807) is 6.21 Å². The summed E-state index contributed by atoms with van der Waals surface area (Å²) in [6.07, 6.45) is 7.41. The molecule has 0 spiro atoms. The van der Waals surface area contributed by atoms with Gasteiger partial charge in [-0.05, 0) is 6.07 Å². The molecule has 0 amide bonds. The highest BCUT2D eigenvalue weighted by molar-refractivity contribution is 5.77. The first-order valence-corrected chi connectivity index (χ1v) is 4.80. The van der Waals surface area contributed by atoms with Gasteiger partial charge in [0.2, 0.25) is 0 Å². The molecule has 2 atom stereocenters. The predicted molar refractivity (Wildman–Crippen MR) is 61.9 cm³/mol. The van der Waals surface area contributed by atoms with Gasteiger partial charge in [-0.15, -0.1) is 12.3 Å². The van der Waals surface area contributed by atoms with Crippen molar-refractivity contribution >= 4 is 11.9 Å². The summed E-state index contributed by atoms with van der Waals surface area (Å²) in [5.41, 5.74) is 13.3. The van der Waals surface area contributed by atoms with Gasteiger partial charge in [0.05, 0.1) is 17.3 Å². The minimum absolute atomic E-state index is 0.330. The highest BCUT2D eigenvalue weighted by Gasteiger charge is 2.36. The minimum Gasteiger partial charge on any atom is -0.321 e. The standard InChI is InChI=1S/C12H13N3/c1-2-7-12(14)9-5-3-4-6-10(9)15-8-11(12)13/h1,3-6,8,11H,7,13-14H2. The SMILES string of the molecule is C#CCC1(N)c2ccccc2N=CC1N. The van der Waals surface area contributed by atoms with Crippen LogP contribution in [0.25, 0.3) is 0 Å². The molecule has 0 fully saturated rings. The van der Waals surface area contributed by atoms with E-state index in [2.05, 4.69) is 10.9 Å². The van der Waals surface area contributed by atoms with E-state index in [4.69, 9.17) is 17.9 Å². The van der Waals surface area contributed by atoms with Crippen LogP contribution in [0.15, 0.2) is 29.3 Å². The number of rotatable bonds is 1. The molecule has 1 aromatic carbocycles. The van der Waals surface area contributed by atoms with Crippen molar-refractivity contribution in [1.29, 1.82) is 0 Å². The fourth-order valence-electron chi connectivity index (χ4n) is 1.83. The number of terminal acetylenes is 1. The van der Waals surface area contributed by atoms with Crippen LogP contribution < -0.4 is 11.5 Å². The Balaban J connectivity index is 2.57. The van der Waals surface area contributed by atoms with Crippen LogP contribution in [0.1, 0.15) is 12.0 Å². The van der Waals surface area contributed by atoms with Crippen molar-refractivity contribution in [3.63, 3.8) is 0 Å². The molecule has 0 aliphatic carbocycles. The lowest BCUT2D eigenvalue weighted by Crippen LogP contribution is -2.54. The van der Waals surface area contributed by atoms with Crippen LogP contribution in [0.3, 0.4) is 0 Å². The number of hydrogen-bond donors (Lipinski definition) is 2. The van der Waals surface area contributed by atoms with Gasteiger partial charge in [0.25, 0.3) is 0 Å². The molecule has 1 heterocycles. The van der Waals surface area contributed by atoms with Crippen LogP contribution in [0, 0.1) is 12.3 Å². The molecule has 15 heavy (non-hydrogen) atoms. The number of hydrogen-bond acceptors (Lipinski definition) is 3. The number of aliphatic imine (C=N–C) groups is 1. The highest BCUT2D eigenvalue weighted by Crippen LogP contribution is 2.35. The first-order chi connectivity index (χ1) is 7.18. The van der Waals surface area contributed by atoms with E-state index >= 15 is 0 Å². The Bertz CT molecular complexity index is 444. The average molecular weight is 199 g/mol. The fraction of sp³-hybridized carbons (Fsp3) is 0.250. The van der Waals surface area contributed by atoms with Crippen LogP contribution in [0.4, 0.5) is 5.69 Å². The average Bonchev–Trinajstić information content (AvgIpc) is 2.25. The Morgan fingerprint density at radius 3 is 2.93 bits per heavy atom. The molecule has 2 rings (SSSR count). The summed E-state index contributed by atoms with van der Waals surface area (Å²) in [7, 11) is 0. The van der Waals surface area contributed by atoms with Crippen molar-refractivity contribution in [3.8, 4) is 12.3 Å². The number of nitrogens with two attached hydrogens (primary N) is 2.